The first-order chi connectivity index (χ1) is 11.2. The van der Waals surface area contributed by atoms with Crippen LogP contribution in [0.1, 0.15) is 19.6 Å². The Kier molecular flexibility index (Phi) is 3.63. The van der Waals surface area contributed by atoms with Gasteiger partial charge in [-0.25, -0.2) is 4.98 Å². The molecule has 3 heterocycles. The topological polar surface area (TPSA) is 67.2 Å². The zero-order valence-electron chi connectivity index (χ0n) is 13.3. The fourth-order valence-corrected chi connectivity index (χ4v) is 3.29. The zero-order valence-corrected chi connectivity index (χ0v) is 13.3. The third-order valence-corrected chi connectivity index (χ3v) is 4.14. The monoisotopic (exact) mass is 312 g/mol. The Morgan fingerprint density at radius 2 is 2.04 bits per heavy atom. The fourth-order valence-electron chi connectivity index (χ4n) is 3.29. The van der Waals surface area contributed by atoms with Crippen molar-refractivity contribution >= 4 is 10.9 Å². The summed E-state index contributed by atoms with van der Waals surface area (Å²) in [6.07, 6.45) is 4.13. The lowest BCUT2D eigenvalue weighted by Crippen LogP contribution is -2.44. The summed E-state index contributed by atoms with van der Waals surface area (Å²) in [5, 5.41) is 8.08. The van der Waals surface area contributed by atoms with E-state index in [9.17, 15) is 0 Å². The molecule has 3 aromatic rings. The van der Waals surface area contributed by atoms with Crippen molar-refractivity contribution in [2.45, 2.75) is 32.6 Å². The van der Waals surface area contributed by atoms with Crippen molar-refractivity contribution in [3.05, 3.63) is 36.4 Å². The van der Waals surface area contributed by atoms with E-state index in [1.165, 1.54) is 0 Å². The van der Waals surface area contributed by atoms with E-state index in [0.717, 1.165) is 41.9 Å². The third kappa shape index (κ3) is 2.87. The third-order valence-electron chi connectivity index (χ3n) is 4.14. The summed E-state index contributed by atoms with van der Waals surface area (Å²) in [7, 11) is 0. The number of nitrogens with one attached hydrogen (secondary N) is 1. The maximum atomic E-state index is 5.99. The second-order valence-corrected chi connectivity index (χ2v) is 6.22. The molecule has 1 saturated heterocycles. The van der Waals surface area contributed by atoms with Gasteiger partial charge in [0.25, 0.3) is 0 Å². The number of H-pyrrole nitrogens is 1. The number of aromatic amines is 1. The van der Waals surface area contributed by atoms with E-state index in [1.54, 1.807) is 6.20 Å². The SMILES string of the molecule is C[C@@H]1CN(Cc2cnc(-c3cccc4[nH]ncc34)o2)C[C@H](C)O1. The molecule has 1 N–H and O–H groups in total. The molecule has 1 aromatic carbocycles. The Morgan fingerprint density at radius 3 is 2.87 bits per heavy atom. The summed E-state index contributed by atoms with van der Waals surface area (Å²) in [5.41, 5.74) is 1.95. The average Bonchev–Trinajstić information content (AvgIpc) is 3.14. The number of oxazole rings is 1. The Bertz CT molecular complexity index is 800. The summed E-state index contributed by atoms with van der Waals surface area (Å²) >= 11 is 0. The standard InChI is InChI=1S/C17H20N4O2/c1-11-8-21(9-12(2)22-11)10-13-6-18-17(23-13)14-4-3-5-16-15(14)7-19-20-16/h3-7,11-12H,8-10H2,1-2H3,(H,19,20)/t11-,12+. The van der Waals surface area contributed by atoms with E-state index in [4.69, 9.17) is 9.15 Å². The smallest absolute Gasteiger partial charge is 0.227 e. The number of hydrogen-bond donors (Lipinski definition) is 1. The van der Waals surface area contributed by atoms with Crippen LogP contribution >= 0.6 is 0 Å². The number of fused-ring (bicyclic) bond motifs is 1. The Balaban J connectivity index is 1.56. The quantitative estimate of drug-likeness (QED) is 0.805. The molecule has 1 fully saturated rings. The predicted octanol–water partition coefficient (Wildman–Crippen LogP) is 2.83. The molecule has 0 radical (unpaired) electrons. The molecule has 120 valence electrons. The number of hydrogen-bond acceptors (Lipinski definition) is 5. The summed E-state index contributed by atoms with van der Waals surface area (Å²) in [5.74, 6) is 1.52. The van der Waals surface area contributed by atoms with Gasteiger partial charge in [-0.1, -0.05) is 6.07 Å². The van der Waals surface area contributed by atoms with Gasteiger partial charge in [-0.05, 0) is 26.0 Å². The molecule has 2 aromatic heterocycles. The number of rotatable bonds is 3. The van der Waals surface area contributed by atoms with Crippen molar-refractivity contribution in [2.24, 2.45) is 0 Å². The molecular formula is C17H20N4O2. The van der Waals surface area contributed by atoms with E-state index in [2.05, 4.69) is 33.9 Å². The highest BCUT2D eigenvalue weighted by Gasteiger charge is 2.23. The van der Waals surface area contributed by atoms with Gasteiger partial charge < -0.3 is 9.15 Å². The van der Waals surface area contributed by atoms with Crippen LogP contribution in [-0.2, 0) is 11.3 Å². The number of aromatic nitrogens is 3. The number of benzene rings is 1. The fraction of sp³-hybridized carbons (Fsp3) is 0.412. The van der Waals surface area contributed by atoms with Gasteiger partial charge in [0.15, 0.2) is 0 Å². The van der Waals surface area contributed by atoms with Crippen LogP contribution in [0.3, 0.4) is 0 Å². The van der Waals surface area contributed by atoms with Gasteiger partial charge >= 0.3 is 0 Å². The van der Waals surface area contributed by atoms with Crippen LogP contribution in [-0.4, -0.2) is 45.4 Å². The van der Waals surface area contributed by atoms with Crippen molar-refractivity contribution in [3.8, 4) is 11.5 Å². The number of ether oxygens (including phenoxy) is 1. The first-order valence-electron chi connectivity index (χ1n) is 7.94. The van der Waals surface area contributed by atoms with E-state index in [-0.39, 0.29) is 12.2 Å². The van der Waals surface area contributed by atoms with Crippen molar-refractivity contribution in [1.29, 1.82) is 0 Å². The molecule has 6 heteroatoms. The van der Waals surface area contributed by atoms with Gasteiger partial charge in [-0.15, -0.1) is 0 Å². The van der Waals surface area contributed by atoms with Crippen LogP contribution in [0, 0.1) is 0 Å². The lowest BCUT2D eigenvalue weighted by atomic mass is 10.1. The van der Waals surface area contributed by atoms with Crippen LogP contribution in [0.4, 0.5) is 0 Å². The van der Waals surface area contributed by atoms with Crippen LogP contribution in [0.15, 0.2) is 35.0 Å². The first kappa shape index (κ1) is 14.4. The number of nitrogens with zero attached hydrogens (tertiary/aromatic N) is 3. The van der Waals surface area contributed by atoms with Gasteiger partial charge in [0.2, 0.25) is 5.89 Å². The summed E-state index contributed by atoms with van der Waals surface area (Å²) in [4.78, 5) is 6.80. The van der Waals surface area contributed by atoms with Crippen LogP contribution in [0.5, 0.6) is 0 Å². The zero-order chi connectivity index (χ0) is 15.8. The molecule has 0 unspecified atom stereocenters. The molecule has 0 aliphatic carbocycles. The maximum Gasteiger partial charge on any atom is 0.227 e. The van der Waals surface area contributed by atoms with Crippen molar-refractivity contribution in [1.82, 2.24) is 20.1 Å². The van der Waals surface area contributed by atoms with E-state index < -0.39 is 0 Å². The lowest BCUT2D eigenvalue weighted by molar-refractivity contribution is -0.0718. The van der Waals surface area contributed by atoms with Crippen molar-refractivity contribution in [2.75, 3.05) is 13.1 Å². The normalized spacial score (nSPS) is 22.7. The molecule has 0 amide bonds. The van der Waals surface area contributed by atoms with E-state index >= 15 is 0 Å². The molecule has 6 nitrogen and oxygen atoms in total. The molecule has 0 spiro atoms. The Hall–Kier alpha value is -2.18. The maximum absolute atomic E-state index is 5.99. The second-order valence-electron chi connectivity index (χ2n) is 6.22. The second kappa shape index (κ2) is 5.79. The minimum atomic E-state index is 0.251. The summed E-state index contributed by atoms with van der Waals surface area (Å²) in [6, 6.07) is 5.98. The van der Waals surface area contributed by atoms with Crippen LogP contribution in [0.25, 0.3) is 22.4 Å². The molecule has 2 atom stereocenters. The Labute approximate surface area is 134 Å². The average molecular weight is 312 g/mol. The molecule has 1 aliphatic rings. The van der Waals surface area contributed by atoms with Crippen molar-refractivity contribution in [3.63, 3.8) is 0 Å². The molecule has 4 rings (SSSR count). The van der Waals surface area contributed by atoms with Gasteiger partial charge in [0.1, 0.15) is 5.76 Å². The molecule has 23 heavy (non-hydrogen) atoms. The minimum absolute atomic E-state index is 0.251. The highest BCUT2D eigenvalue weighted by atomic mass is 16.5. The molecule has 0 bridgehead atoms. The van der Waals surface area contributed by atoms with Crippen molar-refractivity contribution < 1.29 is 9.15 Å². The Morgan fingerprint density at radius 1 is 1.22 bits per heavy atom. The van der Waals surface area contributed by atoms with E-state index in [0.29, 0.717) is 5.89 Å². The van der Waals surface area contributed by atoms with Gasteiger partial charge in [-0.2, -0.15) is 5.10 Å². The molecule has 1 aliphatic heterocycles. The summed E-state index contributed by atoms with van der Waals surface area (Å²) in [6.45, 7) is 6.80. The first-order valence-corrected chi connectivity index (χ1v) is 7.94. The predicted molar refractivity (Wildman–Crippen MR) is 86.9 cm³/mol. The number of morpholine rings is 1. The highest BCUT2D eigenvalue weighted by Crippen LogP contribution is 2.27. The van der Waals surface area contributed by atoms with Gasteiger partial charge in [0.05, 0.1) is 36.7 Å². The lowest BCUT2D eigenvalue weighted by Gasteiger charge is -2.34. The molecule has 0 saturated carbocycles. The van der Waals surface area contributed by atoms with Gasteiger partial charge in [0, 0.05) is 24.0 Å². The van der Waals surface area contributed by atoms with Crippen LogP contribution < -0.4 is 0 Å². The highest BCUT2D eigenvalue weighted by molar-refractivity contribution is 5.91. The minimum Gasteiger partial charge on any atom is -0.440 e. The summed E-state index contributed by atoms with van der Waals surface area (Å²) < 4.78 is 11.8. The largest absolute Gasteiger partial charge is 0.440 e. The van der Waals surface area contributed by atoms with E-state index in [1.807, 2.05) is 24.4 Å². The van der Waals surface area contributed by atoms with Gasteiger partial charge in [-0.3, -0.25) is 10.00 Å². The molecular weight excluding hydrogens is 292 g/mol. The van der Waals surface area contributed by atoms with Crippen LogP contribution in [0.2, 0.25) is 0 Å².